The fraction of sp³-hybridized carbons (Fsp3) is 0.217. The third-order valence-corrected chi connectivity index (χ3v) is 16.2. The fourth-order valence-electron chi connectivity index (χ4n) is 9.81. The number of carbonyl (C=O) groups is 1. The number of fused-ring (bicyclic) bond motifs is 2. The lowest BCUT2D eigenvalue weighted by atomic mass is 9.84. The van der Waals surface area contributed by atoms with Gasteiger partial charge in [0.2, 0.25) is 11.4 Å². The molecule has 2 bridgehead atoms. The summed E-state index contributed by atoms with van der Waals surface area (Å²) in [4.78, 5) is 11.8. The van der Waals surface area contributed by atoms with E-state index in [0.717, 1.165) is 63.2 Å². The third-order valence-electron chi connectivity index (χ3n) is 12.4. The SMILES string of the molecule is CCn1c(=C/C=C2C(Sc3ccc(CC(=O)O)cc3)=C(/C=C/C3=[N+](CC)c4ccc(S(=O)(=O)[O-])c5cccc3c45)C3CCC/2C3)c2cccc3c(S(=O)(=O)O)cc(S(=O)(=O)O)c1c32.O=S(=O)=O. The van der Waals surface area contributed by atoms with Crippen molar-refractivity contribution in [3.8, 4) is 0 Å². The molecular weight excluding hydrogens is 965 g/mol. The predicted octanol–water partition coefficient (Wildman–Crippen LogP) is 6.61. The second-order valence-electron chi connectivity index (χ2n) is 16.1. The Kier molecular flexibility index (Phi) is 12.8. The van der Waals surface area contributed by atoms with E-state index in [0.29, 0.717) is 33.6 Å². The minimum Gasteiger partial charge on any atom is -0.744 e. The number of carboxylic acid groups (broad SMARTS) is 1. The van der Waals surface area contributed by atoms with Crippen molar-refractivity contribution in [3.63, 3.8) is 0 Å². The fourth-order valence-corrected chi connectivity index (χ4v) is 13.2. The number of hydrogen-bond donors (Lipinski definition) is 3. The molecule has 6 aromatic rings. The van der Waals surface area contributed by atoms with Gasteiger partial charge in [-0.25, -0.2) is 8.42 Å². The van der Waals surface area contributed by atoms with E-state index in [1.165, 1.54) is 12.1 Å². The first-order valence-corrected chi connectivity index (χ1v) is 26.8. The quantitative estimate of drug-likeness (QED) is 0.0860. The molecule has 3 N–H and O–H groups in total. The number of hydrogen-bond acceptors (Lipinski definition) is 12. The van der Waals surface area contributed by atoms with Gasteiger partial charge in [-0.2, -0.15) is 21.4 Å². The zero-order chi connectivity index (χ0) is 48.3. The number of rotatable bonds is 12. The molecule has 21 heteroatoms. The summed E-state index contributed by atoms with van der Waals surface area (Å²) >= 11 is 1.55. The lowest BCUT2D eigenvalue weighted by Crippen LogP contribution is -2.17. The van der Waals surface area contributed by atoms with Crippen LogP contribution in [-0.2, 0) is 58.7 Å². The molecular formula is C46H40N2O14S5. The summed E-state index contributed by atoms with van der Waals surface area (Å²) in [5.41, 5.74) is 5.28. The highest BCUT2D eigenvalue weighted by atomic mass is 32.2. The van der Waals surface area contributed by atoms with Crippen molar-refractivity contribution >= 4 is 109 Å². The Morgan fingerprint density at radius 3 is 2.04 bits per heavy atom. The first kappa shape index (κ1) is 47.7. The largest absolute Gasteiger partial charge is 0.744 e. The Bertz CT molecular complexity index is 3760. The molecule has 348 valence electrons. The topological polar surface area (TPSA) is 262 Å². The predicted molar refractivity (Wildman–Crippen MR) is 249 cm³/mol. The van der Waals surface area contributed by atoms with Crippen LogP contribution in [0.5, 0.6) is 0 Å². The number of carboxylic acids is 1. The van der Waals surface area contributed by atoms with Crippen LogP contribution in [0.2, 0.25) is 0 Å². The minimum atomic E-state index is -4.97. The lowest BCUT2D eigenvalue weighted by Gasteiger charge is -2.27. The molecule has 0 amide bonds. The van der Waals surface area contributed by atoms with Crippen molar-refractivity contribution in [1.29, 1.82) is 0 Å². The Labute approximate surface area is 390 Å². The van der Waals surface area contributed by atoms with E-state index in [1.807, 2.05) is 50.3 Å². The van der Waals surface area contributed by atoms with Crippen molar-refractivity contribution in [1.82, 2.24) is 4.57 Å². The molecule has 0 radical (unpaired) electrons. The average Bonchev–Trinajstić information content (AvgIpc) is 3.92. The Morgan fingerprint density at radius 2 is 1.43 bits per heavy atom. The first-order chi connectivity index (χ1) is 31.6. The molecule has 2 atom stereocenters. The van der Waals surface area contributed by atoms with E-state index in [-0.39, 0.29) is 46.0 Å². The maximum Gasteiger partial charge on any atom is 0.425 e. The Hall–Kier alpha value is -5.78. The smallest absolute Gasteiger partial charge is 0.425 e. The summed E-state index contributed by atoms with van der Waals surface area (Å²) in [7, 11) is -17.7. The van der Waals surface area contributed by atoms with Crippen LogP contribution in [0, 0.1) is 11.8 Å². The maximum atomic E-state index is 12.8. The monoisotopic (exact) mass is 1000 g/mol. The zero-order valence-corrected chi connectivity index (χ0v) is 39.6. The van der Waals surface area contributed by atoms with Gasteiger partial charge in [-0.3, -0.25) is 13.9 Å². The summed E-state index contributed by atoms with van der Waals surface area (Å²) in [6.45, 7) is 4.62. The standard InChI is InChI=1S/C46H40N2O11S4.O3S/c1-3-47-36(32-7-5-9-34-39(61(51,52)53)22-21-38(47)43(32)34)19-17-30-27-13-14-28(24-27)31(46(30)60-29-15-11-26(12-16-29)23-42(49)50)18-20-37-33-8-6-10-35-40(62(54,55)56)25-41(63(57,58)59)45(44(33)35)48(37)4-2;1-4(2)3/h5-12,15-22,25,27-28H,3-4,13-14,23-24H2,1-2H3,(H3-,49,50,51,52,53,54,55,56,57,58,59);. The molecule has 2 heterocycles. The van der Waals surface area contributed by atoms with Crippen LogP contribution in [0.3, 0.4) is 0 Å². The Morgan fingerprint density at radius 1 is 0.806 bits per heavy atom. The highest BCUT2D eigenvalue weighted by Crippen LogP contribution is 2.53. The summed E-state index contributed by atoms with van der Waals surface area (Å²) in [6, 6.07) is 21.4. The molecule has 2 aliphatic carbocycles. The van der Waals surface area contributed by atoms with Crippen LogP contribution < -0.4 is 5.35 Å². The molecule has 1 aliphatic heterocycles. The van der Waals surface area contributed by atoms with E-state index in [4.69, 9.17) is 12.6 Å². The van der Waals surface area contributed by atoms with Gasteiger partial charge in [-0.05, 0) is 98.1 Å². The van der Waals surface area contributed by atoms with Crippen molar-refractivity contribution in [2.75, 3.05) is 6.54 Å². The number of allylic oxidation sites excluding steroid dienone is 5. The third kappa shape index (κ3) is 9.05. The summed E-state index contributed by atoms with van der Waals surface area (Å²) in [6.07, 6.45) is 10.6. The first-order valence-electron chi connectivity index (χ1n) is 20.7. The van der Waals surface area contributed by atoms with Gasteiger partial charge >= 0.3 is 16.6 Å². The van der Waals surface area contributed by atoms with Gasteiger partial charge in [-0.1, -0.05) is 66.4 Å². The van der Waals surface area contributed by atoms with E-state index in [9.17, 15) is 48.8 Å². The van der Waals surface area contributed by atoms with Gasteiger partial charge in [-0.15, -0.1) is 12.6 Å². The van der Waals surface area contributed by atoms with E-state index >= 15 is 0 Å². The summed E-state index contributed by atoms with van der Waals surface area (Å²) in [5.74, 6) is -0.612. The van der Waals surface area contributed by atoms with Crippen LogP contribution >= 0.6 is 11.8 Å². The molecule has 1 fully saturated rings. The molecule has 2 unspecified atom stereocenters. The molecule has 0 saturated heterocycles. The second kappa shape index (κ2) is 18.0. The second-order valence-corrected chi connectivity index (χ2v) is 21.7. The molecule has 0 spiro atoms. The van der Waals surface area contributed by atoms with Crippen molar-refractivity contribution in [3.05, 3.63) is 130 Å². The number of aryl methyl sites for hydroxylation is 1. The molecule has 1 saturated carbocycles. The van der Waals surface area contributed by atoms with Gasteiger partial charge < -0.3 is 14.2 Å². The van der Waals surface area contributed by atoms with E-state index in [1.54, 1.807) is 58.8 Å². The number of benzene rings is 5. The van der Waals surface area contributed by atoms with Crippen molar-refractivity contribution in [2.24, 2.45) is 11.8 Å². The van der Waals surface area contributed by atoms with Crippen LogP contribution in [0.1, 0.15) is 44.2 Å². The van der Waals surface area contributed by atoms with Crippen LogP contribution in [-0.4, -0.2) is 84.0 Å². The van der Waals surface area contributed by atoms with Crippen molar-refractivity contribution in [2.45, 2.75) is 65.7 Å². The van der Waals surface area contributed by atoms with Crippen LogP contribution in [0.25, 0.3) is 38.5 Å². The average molecular weight is 1010 g/mol. The van der Waals surface area contributed by atoms with Gasteiger partial charge in [0.05, 0.1) is 27.8 Å². The highest BCUT2D eigenvalue weighted by Gasteiger charge is 2.38. The molecule has 9 rings (SSSR count). The van der Waals surface area contributed by atoms with Crippen LogP contribution in [0.15, 0.2) is 133 Å². The molecule has 5 aromatic carbocycles. The highest BCUT2D eigenvalue weighted by molar-refractivity contribution is 8.03. The summed E-state index contributed by atoms with van der Waals surface area (Å²) < 4.78 is 137. The number of nitrogens with zero attached hydrogens (tertiary/aromatic N) is 2. The van der Waals surface area contributed by atoms with Crippen LogP contribution in [0.4, 0.5) is 5.69 Å². The molecule has 67 heavy (non-hydrogen) atoms. The van der Waals surface area contributed by atoms with Gasteiger partial charge in [0, 0.05) is 55.4 Å². The number of aliphatic carboxylic acids is 1. The van der Waals surface area contributed by atoms with E-state index < -0.39 is 56.7 Å². The van der Waals surface area contributed by atoms with Gasteiger partial charge in [0.15, 0.2) is 0 Å². The zero-order valence-electron chi connectivity index (χ0n) is 35.5. The normalized spacial score (nSPS) is 18.3. The number of aromatic nitrogens is 1. The minimum absolute atomic E-state index is 0.104. The maximum absolute atomic E-state index is 12.8. The molecule has 3 aliphatic rings. The molecule has 16 nitrogen and oxygen atoms in total. The van der Waals surface area contributed by atoms with Gasteiger partial charge in [0.25, 0.3) is 20.2 Å². The van der Waals surface area contributed by atoms with E-state index in [2.05, 4.69) is 10.7 Å². The molecule has 1 aromatic heterocycles. The number of thioether (sulfide) groups is 1. The van der Waals surface area contributed by atoms with Gasteiger partial charge in [0.1, 0.15) is 26.5 Å². The lowest BCUT2D eigenvalue weighted by molar-refractivity contribution is -0.430. The Balaban J connectivity index is 0.00000146. The summed E-state index contributed by atoms with van der Waals surface area (Å²) in [5, 5.41) is 11.9. The van der Waals surface area contributed by atoms with Crippen molar-refractivity contribution < 1.29 is 66.0 Å².